The van der Waals surface area contributed by atoms with Gasteiger partial charge in [-0.25, -0.2) is 12.7 Å². The molecule has 2 atom stereocenters. The molecule has 1 aromatic heterocycles. The molecule has 3 aromatic rings. The number of anilines is 1. The van der Waals surface area contributed by atoms with Crippen molar-refractivity contribution in [3.63, 3.8) is 0 Å². The van der Waals surface area contributed by atoms with Crippen LogP contribution in [0.5, 0.6) is 0 Å². The van der Waals surface area contributed by atoms with Gasteiger partial charge in [-0.3, -0.25) is 19.3 Å². The minimum atomic E-state index is -3.29. The van der Waals surface area contributed by atoms with E-state index in [4.69, 9.17) is 27.9 Å². The molecule has 2 saturated heterocycles. The lowest BCUT2D eigenvalue weighted by atomic mass is 9.87. The number of benzene rings is 2. The number of rotatable bonds is 10. The second-order valence-electron chi connectivity index (χ2n) is 13.5. The van der Waals surface area contributed by atoms with E-state index < -0.39 is 16.0 Å². The van der Waals surface area contributed by atoms with Crippen LogP contribution >= 0.6 is 34.5 Å². The Labute approximate surface area is 306 Å². The number of carboxylic acid groups (broad SMARTS) is 1. The van der Waals surface area contributed by atoms with Crippen molar-refractivity contribution in [3.8, 4) is 0 Å². The van der Waals surface area contributed by atoms with E-state index in [1.807, 2.05) is 29.2 Å². The number of fused-ring (bicyclic) bond motifs is 1. The van der Waals surface area contributed by atoms with Gasteiger partial charge in [0.15, 0.2) is 0 Å². The highest BCUT2D eigenvalue weighted by Crippen LogP contribution is 2.34. The summed E-state index contributed by atoms with van der Waals surface area (Å²) in [5.41, 5.74) is 1.43. The molecule has 3 fully saturated rings. The van der Waals surface area contributed by atoms with Gasteiger partial charge in [-0.05, 0) is 68.8 Å². The third kappa shape index (κ3) is 8.63. The number of hydrogen-bond donors (Lipinski definition) is 2. The summed E-state index contributed by atoms with van der Waals surface area (Å²) < 4.78 is 33.3. The molecule has 2 aromatic carbocycles. The second kappa shape index (κ2) is 15.9. The van der Waals surface area contributed by atoms with Gasteiger partial charge in [-0.2, -0.15) is 0 Å². The number of carbonyl (C=O) groups is 3. The highest BCUT2D eigenvalue weighted by molar-refractivity contribution is 7.88. The number of nitrogens with zero attached hydrogens (tertiary/aromatic N) is 3. The Morgan fingerprint density at radius 2 is 1.78 bits per heavy atom. The molecule has 3 aliphatic rings. The first kappa shape index (κ1) is 37.0. The molecule has 0 unspecified atom stereocenters. The number of thiophene rings is 1. The molecule has 6 rings (SSSR count). The molecule has 0 bridgehead atoms. The van der Waals surface area contributed by atoms with Crippen LogP contribution < -0.4 is 5.32 Å². The van der Waals surface area contributed by atoms with Gasteiger partial charge in [0.05, 0.1) is 53.6 Å². The number of halogens is 2. The molecule has 2 aliphatic heterocycles. The van der Waals surface area contributed by atoms with Gasteiger partial charge in [-0.15, -0.1) is 11.3 Å². The summed E-state index contributed by atoms with van der Waals surface area (Å²) in [5.74, 6) is -1.55. The topological polar surface area (TPSA) is 137 Å². The van der Waals surface area contributed by atoms with Crippen LogP contribution in [0.2, 0.25) is 10.0 Å². The molecule has 2 N–H and O–H groups in total. The minimum absolute atomic E-state index is 0.00323. The summed E-state index contributed by atoms with van der Waals surface area (Å²) in [5, 5.41) is 15.5. The van der Waals surface area contributed by atoms with Gasteiger partial charge in [0.25, 0.3) is 5.91 Å². The Morgan fingerprint density at radius 3 is 2.52 bits per heavy atom. The lowest BCUT2D eigenvalue weighted by molar-refractivity contribution is -0.144. The van der Waals surface area contributed by atoms with Gasteiger partial charge < -0.3 is 20.1 Å². The Bertz CT molecular complexity index is 1850. The van der Waals surface area contributed by atoms with Crippen LogP contribution in [0.3, 0.4) is 0 Å². The first-order chi connectivity index (χ1) is 23.9. The number of sulfonamides is 1. The Balaban J connectivity index is 1.14. The first-order valence-electron chi connectivity index (χ1n) is 17.0. The van der Waals surface area contributed by atoms with E-state index in [0.29, 0.717) is 93.1 Å². The van der Waals surface area contributed by atoms with Crippen LogP contribution in [-0.2, 0) is 30.8 Å². The van der Waals surface area contributed by atoms with Crippen molar-refractivity contribution in [1.82, 2.24) is 14.1 Å². The van der Waals surface area contributed by atoms with E-state index in [-0.39, 0.29) is 47.4 Å². The first-order valence-corrected chi connectivity index (χ1v) is 20.4. The average molecular weight is 766 g/mol. The van der Waals surface area contributed by atoms with Crippen LogP contribution in [0, 0.1) is 5.92 Å². The number of carboxylic acids is 1. The van der Waals surface area contributed by atoms with Gasteiger partial charge in [-0.1, -0.05) is 41.4 Å². The van der Waals surface area contributed by atoms with Crippen LogP contribution in [0.15, 0.2) is 41.8 Å². The maximum atomic E-state index is 14.0. The van der Waals surface area contributed by atoms with Gasteiger partial charge >= 0.3 is 5.97 Å². The van der Waals surface area contributed by atoms with Crippen molar-refractivity contribution >= 4 is 78.1 Å². The number of hydrogen-bond acceptors (Lipinski definition) is 8. The van der Waals surface area contributed by atoms with Gasteiger partial charge in [0, 0.05) is 52.7 Å². The molecule has 11 nitrogen and oxygen atoms in total. The standard InChI is InChI=1S/C35H42Cl2N4O7S2/c1-50(46,47)40-12-4-11-39(13-14-40)24-17-25(20-48-26-9-7-22(8-10-26)35(44)45)41(19-24)33(42)16-23-15-30(37)31(18-29(23)36)38-34(43)28-21-49-32-6-3-2-5-27(28)32/h2-3,5-6,15,18,21-22,24-26H,4,7-14,16-17,19-20H2,1H3,(H,38,43)(H,44,45)/t22-,24-,25-,26-/m0/s1. The predicted molar refractivity (Wildman–Crippen MR) is 196 cm³/mol. The quantitative estimate of drug-likeness (QED) is 0.273. The Kier molecular flexibility index (Phi) is 11.7. The number of carbonyl (C=O) groups excluding carboxylic acids is 2. The fourth-order valence-corrected chi connectivity index (χ4v) is 9.66. The lowest BCUT2D eigenvalue weighted by Gasteiger charge is -2.30. The van der Waals surface area contributed by atoms with Gasteiger partial charge in [0.1, 0.15) is 0 Å². The highest BCUT2D eigenvalue weighted by atomic mass is 35.5. The van der Waals surface area contributed by atoms with Crippen molar-refractivity contribution in [2.45, 2.75) is 63.1 Å². The zero-order valence-corrected chi connectivity index (χ0v) is 31.0. The number of likely N-dealkylation sites (tertiary alicyclic amines) is 1. The second-order valence-corrected chi connectivity index (χ2v) is 17.2. The third-order valence-electron chi connectivity index (χ3n) is 10.2. The molecule has 270 valence electrons. The van der Waals surface area contributed by atoms with E-state index >= 15 is 0 Å². The normalized spacial score (nSPS) is 23.9. The molecular weight excluding hydrogens is 723 g/mol. The van der Waals surface area contributed by atoms with E-state index in [1.54, 1.807) is 17.5 Å². The molecule has 50 heavy (non-hydrogen) atoms. The molecule has 3 heterocycles. The number of nitrogens with one attached hydrogen (secondary N) is 1. The summed E-state index contributed by atoms with van der Waals surface area (Å²) >= 11 is 14.8. The van der Waals surface area contributed by atoms with Crippen molar-refractivity contribution < 1.29 is 32.6 Å². The van der Waals surface area contributed by atoms with Gasteiger partial charge in [0.2, 0.25) is 15.9 Å². The monoisotopic (exact) mass is 764 g/mol. The third-order valence-corrected chi connectivity index (χ3v) is 13.1. The van der Waals surface area contributed by atoms with Crippen LogP contribution in [0.25, 0.3) is 10.1 Å². The summed E-state index contributed by atoms with van der Waals surface area (Å²) in [4.78, 5) is 42.7. The van der Waals surface area contributed by atoms with Crippen LogP contribution in [-0.4, -0.2) is 109 Å². The fourth-order valence-electron chi connectivity index (χ4n) is 7.38. The SMILES string of the molecule is CS(=O)(=O)N1CCCN([C@H]2C[C@@H](CO[C@H]3CC[C@H](C(=O)O)CC3)N(C(=O)Cc3cc(Cl)c(NC(=O)c4csc5ccccc45)cc3Cl)C2)CC1. The number of aliphatic carboxylic acids is 1. The van der Waals surface area contributed by atoms with Crippen molar-refractivity contribution in [2.24, 2.45) is 5.92 Å². The molecule has 15 heteroatoms. The van der Waals surface area contributed by atoms with Crippen LogP contribution in [0.1, 0.15) is 54.4 Å². The highest BCUT2D eigenvalue weighted by Gasteiger charge is 2.39. The summed E-state index contributed by atoms with van der Waals surface area (Å²) in [6.07, 6.45) is 5.00. The van der Waals surface area contributed by atoms with E-state index in [0.717, 1.165) is 16.6 Å². The number of ether oxygens (including phenoxy) is 1. The van der Waals surface area contributed by atoms with Crippen molar-refractivity contribution in [2.75, 3.05) is 50.9 Å². The molecule has 2 amide bonds. The summed E-state index contributed by atoms with van der Waals surface area (Å²) in [6.45, 7) is 2.95. The lowest BCUT2D eigenvalue weighted by Crippen LogP contribution is -2.42. The minimum Gasteiger partial charge on any atom is -0.481 e. The molecule has 1 saturated carbocycles. The maximum absolute atomic E-state index is 14.0. The van der Waals surface area contributed by atoms with E-state index in [1.165, 1.54) is 21.9 Å². The summed E-state index contributed by atoms with van der Waals surface area (Å²) in [6, 6.07) is 10.7. The average Bonchev–Trinajstić information content (AvgIpc) is 3.62. The van der Waals surface area contributed by atoms with E-state index in [2.05, 4.69) is 10.2 Å². The molecule has 0 radical (unpaired) electrons. The Hall–Kier alpha value is -2.78. The zero-order chi connectivity index (χ0) is 35.6. The van der Waals surface area contributed by atoms with Crippen molar-refractivity contribution in [3.05, 3.63) is 63.0 Å². The predicted octanol–water partition coefficient (Wildman–Crippen LogP) is 5.60. The zero-order valence-electron chi connectivity index (χ0n) is 27.9. The molecule has 1 aliphatic carbocycles. The fraction of sp³-hybridized carbons (Fsp3) is 0.514. The Morgan fingerprint density at radius 1 is 1.02 bits per heavy atom. The molecular formula is C35H42Cl2N4O7S2. The van der Waals surface area contributed by atoms with Crippen LogP contribution in [0.4, 0.5) is 5.69 Å². The molecule has 0 spiro atoms. The maximum Gasteiger partial charge on any atom is 0.306 e. The summed E-state index contributed by atoms with van der Waals surface area (Å²) in [7, 11) is -3.29. The number of amides is 2. The largest absolute Gasteiger partial charge is 0.481 e. The van der Waals surface area contributed by atoms with E-state index in [9.17, 15) is 27.9 Å². The van der Waals surface area contributed by atoms with Crippen molar-refractivity contribution in [1.29, 1.82) is 0 Å². The smallest absolute Gasteiger partial charge is 0.306 e.